The first-order valence-electron chi connectivity index (χ1n) is 14.0. The minimum Gasteiger partial charge on any atom is -0.358 e. The molecule has 4 heterocycles. The molecule has 9 fully saturated rings. The lowest BCUT2D eigenvalue weighted by Gasteiger charge is -2.24. The predicted molar refractivity (Wildman–Crippen MR) is 126 cm³/mol. The number of anilines is 3. The molecule has 172 valence electrons. The fourth-order valence-corrected chi connectivity index (χ4v) is 11.1. The van der Waals surface area contributed by atoms with Crippen molar-refractivity contribution < 1.29 is 0 Å². The Morgan fingerprint density at radius 1 is 0.529 bits per heavy atom. The van der Waals surface area contributed by atoms with Gasteiger partial charge in [-0.05, 0) is 93.3 Å². The van der Waals surface area contributed by atoms with E-state index in [0.717, 1.165) is 64.0 Å². The molecule has 6 saturated carbocycles. The van der Waals surface area contributed by atoms with Gasteiger partial charge in [-0.1, -0.05) is 0 Å². The molecule has 0 N–H and O–H groups in total. The number of fused-ring (bicyclic) bond motifs is 15. The van der Waals surface area contributed by atoms with Crippen LogP contribution in [0.2, 0.25) is 0 Å². The zero-order chi connectivity index (χ0) is 22.0. The van der Waals surface area contributed by atoms with Crippen molar-refractivity contribution in [3.05, 3.63) is 11.1 Å². The van der Waals surface area contributed by atoms with Gasteiger partial charge >= 0.3 is 0 Å². The third kappa shape index (κ3) is 1.83. The summed E-state index contributed by atoms with van der Waals surface area (Å²) in [4.78, 5) is 12.9. The highest BCUT2D eigenvalue weighted by atomic mass is 15.5. The van der Waals surface area contributed by atoms with Gasteiger partial charge in [0.1, 0.15) is 23.3 Å². The van der Waals surface area contributed by atoms with Gasteiger partial charge < -0.3 is 14.7 Å². The van der Waals surface area contributed by atoms with Gasteiger partial charge in [-0.2, -0.15) is 10.5 Å². The fourth-order valence-electron chi connectivity index (χ4n) is 11.1. The van der Waals surface area contributed by atoms with E-state index in [4.69, 9.17) is 4.98 Å². The van der Waals surface area contributed by atoms with Gasteiger partial charge in [0.05, 0.1) is 41.9 Å². The lowest BCUT2D eigenvalue weighted by Crippen LogP contribution is -2.21. The van der Waals surface area contributed by atoms with E-state index in [0.29, 0.717) is 36.3 Å². The Balaban J connectivity index is 1.15. The second-order valence-corrected chi connectivity index (χ2v) is 13.2. The maximum absolute atomic E-state index is 10.5. The molecule has 10 rings (SSSR count). The molecule has 6 heteroatoms. The molecule has 3 saturated heterocycles. The van der Waals surface area contributed by atoms with Crippen molar-refractivity contribution in [2.24, 2.45) is 35.5 Å². The van der Waals surface area contributed by atoms with E-state index in [9.17, 15) is 10.5 Å². The minimum atomic E-state index is 0.566. The number of pyridine rings is 1. The highest BCUT2D eigenvalue weighted by molar-refractivity contribution is 5.87. The molecule has 34 heavy (non-hydrogen) atoms. The van der Waals surface area contributed by atoms with Crippen molar-refractivity contribution in [1.29, 1.82) is 10.5 Å². The third-order valence-electron chi connectivity index (χ3n) is 12.3. The van der Waals surface area contributed by atoms with E-state index in [2.05, 4.69) is 26.8 Å². The molecule has 12 unspecified atom stereocenters. The Morgan fingerprint density at radius 3 is 1.18 bits per heavy atom. The summed E-state index contributed by atoms with van der Waals surface area (Å²) in [6, 6.07) is 8.75. The van der Waals surface area contributed by atoms with Crippen LogP contribution in [0.15, 0.2) is 0 Å². The van der Waals surface area contributed by atoms with E-state index in [1.807, 2.05) is 0 Å². The maximum Gasteiger partial charge on any atom is 0.151 e. The topological polar surface area (TPSA) is 69.5 Å². The summed E-state index contributed by atoms with van der Waals surface area (Å²) in [5, 5.41) is 21.1. The molecule has 6 bridgehead atoms. The molecule has 0 aromatic carbocycles. The Bertz CT molecular complexity index is 1140. The van der Waals surface area contributed by atoms with E-state index in [1.54, 1.807) is 0 Å². The molecular weight excluding hydrogens is 420 g/mol. The van der Waals surface area contributed by atoms with Gasteiger partial charge in [-0.25, -0.2) is 4.98 Å². The van der Waals surface area contributed by atoms with Crippen LogP contribution in [0.25, 0.3) is 0 Å². The molecule has 6 nitrogen and oxygen atoms in total. The van der Waals surface area contributed by atoms with Gasteiger partial charge in [0.25, 0.3) is 0 Å². The average Bonchev–Trinajstić information content (AvgIpc) is 3.62. The Kier molecular flexibility index (Phi) is 2.90. The summed E-state index contributed by atoms with van der Waals surface area (Å²) in [6.07, 6.45) is 12.2. The summed E-state index contributed by atoms with van der Waals surface area (Å²) in [5.41, 5.74) is 2.42. The van der Waals surface area contributed by atoms with Crippen molar-refractivity contribution in [3.8, 4) is 12.1 Å². The summed E-state index contributed by atoms with van der Waals surface area (Å²) < 4.78 is 0. The van der Waals surface area contributed by atoms with Crippen molar-refractivity contribution in [1.82, 2.24) is 4.98 Å². The highest BCUT2D eigenvalue weighted by Crippen LogP contribution is 2.65. The first-order chi connectivity index (χ1) is 16.8. The first-order valence-corrected chi connectivity index (χ1v) is 14.0. The van der Waals surface area contributed by atoms with Crippen molar-refractivity contribution in [3.63, 3.8) is 0 Å². The van der Waals surface area contributed by atoms with E-state index >= 15 is 0 Å². The Hall–Kier alpha value is -2.47. The monoisotopic (exact) mass is 450 g/mol. The largest absolute Gasteiger partial charge is 0.358 e. The van der Waals surface area contributed by atoms with Crippen LogP contribution in [0.4, 0.5) is 17.3 Å². The van der Waals surface area contributed by atoms with E-state index < -0.39 is 0 Å². The SMILES string of the molecule is N#Cc1c(N2C3C4CCC(C4)C32)nc(N2C3C4CCC(C4)C32)c(C#N)c1N1C2C3CCC(C3)C21. The van der Waals surface area contributed by atoms with Gasteiger partial charge in [0.15, 0.2) is 11.6 Å². The third-order valence-corrected chi connectivity index (χ3v) is 12.3. The second kappa shape index (κ2) is 5.51. The van der Waals surface area contributed by atoms with Crippen LogP contribution in [0.5, 0.6) is 0 Å². The van der Waals surface area contributed by atoms with Crippen LogP contribution in [0, 0.1) is 58.2 Å². The number of nitriles is 2. The molecule has 0 spiro atoms. The second-order valence-electron chi connectivity index (χ2n) is 13.2. The van der Waals surface area contributed by atoms with Crippen LogP contribution in [-0.4, -0.2) is 41.2 Å². The Morgan fingerprint density at radius 2 is 0.853 bits per heavy atom. The van der Waals surface area contributed by atoms with Crippen LogP contribution in [0.1, 0.15) is 68.9 Å². The van der Waals surface area contributed by atoms with Crippen LogP contribution >= 0.6 is 0 Å². The number of piperidine rings is 3. The zero-order valence-electron chi connectivity index (χ0n) is 19.5. The number of rotatable bonds is 3. The smallest absolute Gasteiger partial charge is 0.151 e. The summed E-state index contributed by atoms with van der Waals surface area (Å²) in [5.74, 6) is 6.57. The van der Waals surface area contributed by atoms with Crippen LogP contribution < -0.4 is 14.7 Å². The molecule has 0 amide bonds. The molecule has 9 aliphatic rings. The molecular formula is C28H30N6. The van der Waals surface area contributed by atoms with Crippen molar-refractivity contribution >= 4 is 17.3 Å². The molecule has 0 radical (unpaired) electrons. The summed E-state index contributed by atoms with van der Waals surface area (Å²) >= 11 is 0. The van der Waals surface area contributed by atoms with Crippen molar-refractivity contribution in [2.75, 3.05) is 14.7 Å². The predicted octanol–water partition coefficient (Wildman–Crippen LogP) is 3.79. The van der Waals surface area contributed by atoms with E-state index in [1.165, 1.54) is 57.8 Å². The van der Waals surface area contributed by atoms with Crippen molar-refractivity contribution in [2.45, 2.75) is 94.0 Å². The quantitative estimate of drug-likeness (QED) is 0.653. The lowest BCUT2D eigenvalue weighted by atomic mass is 10.0. The fraction of sp³-hybridized carbons (Fsp3) is 0.750. The number of hydrogen-bond acceptors (Lipinski definition) is 6. The standard InChI is InChI=1S/C28H30N6/c29-10-18-26(32-20-12-1-2-13(7-12)21(20)32)19(11-30)28(34-24-16-5-6-17(9-16)25(24)34)31-27(18)33-22-14-3-4-15(8-14)23(22)33/h12-17,20-25H,1-9H2. The molecule has 1 aromatic heterocycles. The van der Waals surface area contributed by atoms with E-state index in [-0.39, 0.29) is 0 Å². The van der Waals surface area contributed by atoms with Gasteiger partial charge in [0.2, 0.25) is 0 Å². The number of nitrogens with zero attached hydrogens (tertiary/aromatic N) is 6. The lowest BCUT2D eigenvalue weighted by molar-refractivity contribution is 0.546. The molecule has 1 aromatic rings. The first kappa shape index (κ1) is 17.9. The zero-order valence-corrected chi connectivity index (χ0v) is 19.5. The molecule has 3 aliphatic heterocycles. The number of aromatic nitrogens is 1. The van der Waals surface area contributed by atoms with Crippen LogP contribution in [0.3, 0.4) is 0 Å². The Labute approximate surface area is 200 Å². The highest BCUT2D eigenvalue weighted by Gasteiger charge is 2.69. The maximum atomic E-state index is 10.5. The minimum absolute atomic E-state index is 0.566. The molecule has 12 atom stereocenters. The summed E-state index contributed by atoms with van der Waals surface area (Å²) in [6.45, 7) is 0. The van der Waals surface area contributed by atoms with Gasteiger partial charge in [-0.15, -0.1) is 0 Å². The summed E-state index contributed by atoms with van der Waals surface area (Å²) in [7, 11) is 0. The molecule has 6 aliphatic carbocycles. The number of hydrogen-bond donors (Lipinski definition) is 0. The van der Waals surface area contributed by atoms with Crippen LogP contribution in [-0.2, 0) is 0 Å². The normalized spacial score (nSPS) is 50.8. The average molecular weight is 451 g/mol. The van der Waals surface area contributed by atoms with Gasteiger partial charge in [-0.3, -0.25) is 0 Å². The van der Waals surface area contributed by atoms with Gasteiger partial charge in [0, 0.05) is 0 Å².